The van der Waals surface area contributed by atoms with Crippen LogP contribution in [-0.2, 0) is 31.3 Å². The van der Waals surface area contributed by atoms with Crippen LogP contribution in [0.5, 0.6) is 0 Å². The normalized spacial score (nSPS) is 14.2. The van der Waals surface area contributed by atoms with E-state index < -0.39 is 0 Å². The van der Waals surface area contributed by atoms with Crippen LogP contribution in [0.25, 0.3) is 0 Å². The summed E-state index contributed by atoms with van der Waals surface area (Å²) < 4.78 is 10.4. The number of fused-ring (bicyclic) bond motifs is 1. The molecule has 4 rings (SSSR count). The molecule has 34 heavy (non-hydrogen) atoms. The highest BCUT2D eigenvalue weighted by Gasteiger charge is 2.26. The summed E-state index contributed by atoms with van der Waals surface area (Å²) in [5, 5.41) is 14.7. The van der Waals surface area contributed by atoms with Gasteiger partial charge in [0.25, 0.3) is 0 Å². The first kappa shape index (κ1) is 25.0. The first-order valence-corrected chi connectivity index (χ1v) is 13.2. The van der Waals surface area contributed by atoms with Gasteiger partial charge in [-0.05, 0) is 63.7 Å². The molecule has 3 aromatic rings. The number of nitrogens with one attached hydrogen (secondary N) is 1. The highest BCUT2D eigenvalue weighted by molar-refractivity contribution is 9.10. The van der Waals surface area contributed by atoms with Crippen LogP contribution in [-0.4, -0.2) is 26.8 Å². The summed E-state index contributed by atoms with van der Waals surface area (Å²) in [4.78, 5) is 7.02. The van der Waals surface area contributed by atoms with Crippen LogP contribution in [0, 0.1) is 0 Å². The molecule has 0 spiro atoms. The van der Waals surface area contributed by atoms with Gasteiger partial charge in [0.15, 0.2) is 11.6 Å². The molecule has 1 aliphatic heterocycles. The summed E-state index contributed by atoms with van der Waals surface area (Å²) in [6.45, 7) is 11.1. The average molecular weight is 547 g/mol. The van der Waals surface area contributed by atoms with Crippen molar-refractivity contribution in [3.05, 3.63) is 69.1 Å². The first-order valence-electron chi connectivity index (χ1n) is 11.6. The molecule has 1 aliphatic rings. The number of halogens is 1. The van der Waals surface area contributed by atoms with Crippen LogP contribution in [0.3, 0.4) is 0 Å². The Bertz CT molecular complexity index is 1110. The van der Waals surface area contributed by atoms with Crippen LogP contribution >= 0.6 is 28.1 Å². The zero-order chi connectivity index (χ0) is 24.3. The lowest BCUT2D eigenvalue weighted by Gasteiger charge is -2.29. The van der Waals surface area contributed by atoms with E-state index in [-0.39, 0.29) is 5.41 Å². The van der Waals surface area contributed by atoms with Crippen LogP contribution in [0.4, 0.5) is 11.5 Å². The van der Waals surface area contributed by atoms with E-state index in [1.165, 1.54) is 16.7 Å². The summed E-state index contributed by atoms with van der Waals surface area (Å²) in [7, 11) is 0. The van der Waals surface area contributed by atoms with Crippen molar-refractivity contribution in [2.24, 2.45) is 0 Å². The van der Waals surface area contributed by atoms with Crippen LogP contribution < -0.4 is 9.19 Å². The van der Waals surface area contributed by atoms with Crippen molar-refractivity contribution in [1.82, 2.24) is 15.0 Å². The Hall–Kier alpha value is -2.07. The molecule has 0 saturated carbocycles. The van der Waals surface area contributed by atoms with Gasteiger partial charge in [-0.3, -0.25) is 19.8 Å². The SMILES string of the molecule is CCCc1ccc(CN2CCc3ccc(N(O)SNc4noc(C(C)(C)C)c4Br)cc3C2)cn1. The van der Waals surface area contributed by atoms with Crippen LogP contribution in [0.1, 0.15) is 62.3 Å². The lowest BCUT2D eigenvalue weighted by Crippen LogP contribution is -2.30. The zero-order valence-electron chi connectivity index (χ0n) is 20.1. The monoisotopic (exact) mass is 545 g/mol. The quantitative estimate of drug-likeness (QED) is 0.245. The number of rotatable bonds is 8. The van der Waals surface area contributed by atoms with Gasteiger partial charge in [0.05, 0.1) is 17.8 Å². The van der Waals surface area contributed by atoms with E-state index in [0.29, 0.717) is 11.5 Å². The van der Waals surface area contributed by atoms with Gasteiger partial charge in [-0.15, -0.1) is 0 Å². The third kappa shape index (κ3) is 5.94. The van der Waals surface area contributed by atoms with Gasteiger partial charge in [-0.2, -0.15) is 4.47 Å². The molecule has 9 heteroatoms. The minimum absolute atomic E-state index is 0.173. The summed E-state index contributed by atoms with van der Waals surface area (Å²) in [5.41, 5.74) is 5.48. The van der Waals surface area contributed by atoms with Gasteiger partial charge in [0.1, 0.15) is 4.47 Å². The van der Waals surface area contributed by atoms with E-state index in [2.05, 4.69) is 87.7 Å². The second-order valence-electron chi connectivity index (χ2n) is 9.71. The molecule has 0 bridgehead atoms. The topological polar surface area (TPSA) is 77.7 Å². The highest BCUT2D eigenvalue weighted by atomic mass is 79.9. The van der Waals surface area contributed by atoms with E-state index in [1.807, 2.05) is 12.3 Å². The standard InChI is InChI=1S/C25H32BrN5O2S/c1-5-6-20-9-7-17(14-27-20)15-30-12-11-18-8-10-21(13-19(18)16-30)31(32)34-29-24-22(26)23(33-28-24)25(2,3)4/h7-10,13-14,32H,5-6,11-12,15-16H2,1-4H3,(H,28,29). The van der Waals surface area contributed by atoms with Crippen molar-refractivity contribution in [3.63, 3.8) is 0 Å². The van der Waals surface area contributed by atoms with Gasteiger partial charge in [0, 0.05) is 36.9 Å². The number of benzene rings is 1. The summed E-state index contributed by atoms with van der Waals surface area (Å²) >= 11 is 4.59. The molecule has 182 valence electrons. The van der Waals surface area contributed by atoms with Crippen molar-refractivity contribution in [2.45, 2.75) is 65.5 Å². The molecule has 0 fully saturated rings. The van der Waals surface area contributed by atoms with E-state index in [1.54, 1.807) is 0 Å². The fourth-order valence-electron chi connectivity index (χ4n) is 4.01. The van der Waals surface area contributed by atoms with Crippen molar-refractivity contribution < 1.29 is 9.73 Å². The number of hydrogen-bond donors (Lipinski definition) is 2. The third-order valence-electron chi connectivity index (χ3n) is 5.85. The summed E-state index contributed by atoms with van der Waals surface area (Å²) in [6, 6.07) is 10.4. The van der Waals surface area contributed by atoms with E-state index in [0.717, 1.165) is 71.4 Å². The maximum Gasteiger partial charge on any atom is 0.195 e. The van der Waals surface area contributed by atoms with Gasteiger partial charge in [-0.25, -0.2) is 0 Å². The van der Waals surface area contributed by atoms with Crippen LogP contribution in [0.15, 0.2) is 45.5 Å². The molecule has 3 heterocycles. The molecule has 7 nitrogen and oxygen atoms in total. The number of nitrogens with zero attached hydrogens (tertiary/aromatic N) is 4. The Morgan fingerprint density at radius 3 is 2.74 bits per heavy atom. The number of aryl methyl sites for hydroxylation is 1. The number of aromatic nitrogens is 2. The van der Waals surface area contributed by atoms with E-state index in [4.69, 9.17) is 4.52 Å². The van der Waals surface area contributed by atoms with Gasteiger partial charge in [0.2, 0.25) is 0 Å². The molecule has 0 saturated heterocycles. The zero-order valence-corrected chi connectivity index (χ0v) is 22.5. The predicted octanol–water partition coefficient (Wildman–Crippen LogP) is 6.51. The minimum atomic E-state index is -0.173. The molecule has 0 radical (unpaired) electrons. The Morgan fingerprint density at radius 2 is 2.06 bits per heavy atom. The predicted molar refractivity (Wildman–Crippen MR) is 141 cm³/mol. The smallest absolute Gasteiger partial charge is 0.195 e. The third-order valence-corrected chi connectivity index (χ3v) is 7.25. The summed E-state index contributed by atoms with van der Waals surface area (Å²) in [6.07, 6.45) is 5.13. The van der Waals surface area contributed by atoms with Gasteiger partial charge >= 0.3 is 0 Å². The Kier molecular flexibility index (Phi) is 7.87. The Morgan fingerprint density at radius 1 is 1.24 bits per heavy atom. The van der Waals surface area contributed by atoms with Crippen LogP contribution in [0.2, 0.25) is 0 Å². The molecule has 2 aromatic heterocycles. The highest BCUT2D eigenvalue weighted by Crippen LogP contribution is 2.36. The number of pyridine rings is 1. The summed E-state index contributed by atoms with van der Waals surface area (Å²) in [5.74, 6) is 1.29. The maximum atomic E-state index is 10.6. The van der Waals surface area contributed by atoms with E-state index in [9.17, 15) is 5.21 Å². The fraction of sp³-hybridized carbons (Fsp3) is 0.440. The fourth-order valence-corrected chi connectivity index (χ4v) is 5.52. The average Bonchev–Trinajstić information content (AvgIpc) is 3.19. The molecule has 1 aromatic carbocycles. The van der Waals surface area contributed by atoms with Crippen molar-refractivity contribution >= 4 is 39.6 Å². The molecule has 0 aliphatic carbocycles. The number of anilines is 2. The molecular weight excluding hydrogens is 514 g/mol. The lowest BCUT2D eigenvalue weighted by molar-refractivity contribution is 0.245. The minimum Gasteiger partial charge on any atom is -0.357 e. The largest absolute Gasteiger partial charge is 0.357 e. The second-order valence-corrected chi connectivity index (χ2v) is 11.2. The van der Waals surface area contributed by atoms with Gasteiger partial charge in [-0.1, -0.05) is 51.4 Å². The molecule has 0 atom stereocenters. The maximum absolute atomic E-state index is 10.6. The lowest BCUT2D eigenvalue weighted by atomic mass is 9.93. The molecule has 2 N–H and O–H groups in total. The molecular formula is C25H32BrN5O2S. The number of hydrogen-bond acceptors (Lipinski definition) is 8. The van der Waals surface area contributed by atoms with Crippen molar-refractivity contribution in [2.75, 3.05) is 15.7 Å². The van der Waals surface area contributed by atoms with E-state index >= 15 is 0 Å². The Balaban J connectivity index is 1.38. The Labute approximate surface area is 214 Å². The molecule has 0 amide bonds. The van der Waals surface area contributed by atoms with Crippen molar-refractivity contribution in [3.8, 4) is 0 Å². The van der Waals surface area contributed by atoms with Crippen molar-refractivity contribution in [1.29, 1.82) is 0 Å². The second kappa shape index (κ2) is 10.7. The first-order chi connectivity index (χ1) is 16.2. The molecule has 0 unspecified atom stereocenters. The van der Waals surface area contributed by atoms with Gasteiger partial charge < -0.3 is 4.52 Å².